The first-order valence-corrected chi connectivity index (χ1v) is 13.9. The van der Waals surface area contributed by atoms with Crippen molar-refractivity contribution in [3.63, 3.8) is 0 Å². The Morgan fingerprint density at radius 3 is 2.34 bits per heavy atom. The van der Waals surface area contributed by atoms with Crippen LogP contribution in [0, 0.1) is 0 Å². The van der Waals surface area contributed by atoms with Crippen LogP contribution in [0.3, 0.4) is 0 Å². The van der Waals surface area contributed by atoms with Gasteiger partial charge in [-0.15, -0.1) is 0 Å². The average molecular weight is 574 g/mol. The molecule has 0 saturated carbocycles. The van der Waals surface area contributed by atoms with Crippen LogP contribution in [0.5, 0.6) is 5.75 Å². The largest absolute Gasteiger partial charge is 0.505 e. The number of phenolic OH excluding ortho intramolecular Hbond substituents is 1. The van der Waals surface area contributed by atoms with Crippen molar-refractivity contribution in [2.45, 2.75) is 6.54 Å². The van der Waals surface area contributed by atoms with Crippen molar-refractivity contribution in [2.75, 3.05) is 30.9 Å². The van der Waals surface area contributed by atoms with E-state index in [2.05, 4.69) is 27.8 Å². The Hall–Kier alpha value is -3.37. The Kier molecular flexibility index (Phi) is 8.42. The van der Waals surface area contributed by atoms with Crippen molar-refractivity contribution < 1.29 is 18.3 Å². The van der Waals surface area contributed by atoms with Gasteiger partial charge in [0.25, 0.3) is 15.9 Å². The molecular formula is C27H26Cl2N4O4S. The van der Waals surface area contributed by atoms with Gasteiger partial charge in [-0.1, -0.05) is 48.5 Å². The minimum absolute atomic E-state index is 0.0141. The average Bonchev–Trinajstić information content (AvgIpc) is 2.89. The Morgan fingerprint density at radius 2 is 1.74 bits per heavy atom. The number of benzene rings is 2. The van der Waals surface area contributed by atoms with E-state index in [1.54, 1.807) is 53.5 Å². The minimum Gasteiger partial charge on any atom is -0.505 e. The van der Waals surface area contributed by atoms with Crippen LogP contribution in [0.25, 0.3) is 0 Å². The van der Waals surface area contributed by atoms with Gasteiger partial charge in [0.2, 0.25) is 0 Å². The summed E-state index contributed by atoms with van der Waals surface area (Å²) < 4.78 is 28.5. The number of aliphatic imine (C=N–C) groups is 1. The van der Waals surface area contributed by atoms with Gasteiger partial charge in [-0.05, 0) is 53.6 Å². The van der Waals surface area contributed by atoms with Crippen molar-refractivity contribution in [1.82, 2.24) is 9.80 Å². The summed E-state index contributed by atoms with van der Waals surface area (Å²) in [5.41, 5.74) is 2.34. The van der Waals surface area contributed by atoms with Gasteiger partial charge in [0, 0.05) is 50.2 Å². The molecule has 2 aromatic rings. The zero-order chi connectivity index (χ0) is 27.4. The number of hydrogen-bond donors (Lipinski definition) is 2. The number of halogens is 2. The number of allylic oxidation sites excluding steroid dienone is 5. The summed E-state index contributed by atoms with van der Waals surface area (Å²) in [6.45, 7) is 10.3. The SMILES string of the molecule is C=C/N=C1\C(=C)C=CC=C1S(=O)(=O)Nc1ccc(C(=O)N2CCN(Cc3cc(Cl)c(O)c(Cl)c3)CC2)cc1. The number of aromatic hydroxyl groups is 1. The van der Waals surface area contributed by atoms with E-state index in [9.17, 15) is 18.3 Å². The monoisotopic (exact) mass is 572 g/mol. The highest BCUT2D eigenvalue weighted by atomic mass is 35.5. The lowest BCUT2D eigenvalue weighted by Crippen LogP contribution is -2.48. The fourth-order valence-electron chi connectivity index (χ4n) is 4.17. The van der Waals surface area contributed by atoms with E-state index in [4.69, 9.17) is 23.2 Å². The predicted octanol–water partition coefficient (Wildman–Crippen LogP) is 4.99. The highest BCUT2D eigenvalue weighted by Gasteiger charge is 2.26. The molecule has 1 saturated heterocycles. The number of anilines is 1. The molecule has 1 aliphatic carbocycles. The maximum Gasteiger partial charge on any atom is 0.264 e. The second-order valence-corrected chi connectivity index (χ2v) is 11.2. The smallest absolute Gasteiger partial charge is 0.264 e. The molecule has 2 aromatic carbocycles. The number of carbonyl (C=O) groups is 1. The van der Waals surface area contributed by atoms with Crippen LogP contribution in [0.1, 0.15) is 15.9 Å². The molecule has 11 heteroatoms. The maximum atomic E-state index is 13.0. The van der Waals surface area contributed by atoms with Crippen LogP contribution in [-0.2, 0) is 16.6 Å². The zero-order valence-corrected chi connectivity index (χ0v) is 22.7. The third kappa shape index (κ3) is 6.19. The molecule has 0 atom stereocenters. The number of carbonyl (C=O) groups excluding carboxylic acids is 1. The Labute approximate surface area is 231 Å². The number of phenols is 1. The molecule has 1 heterocycles. The third-order valence-corrected chi connectivity index (χ3v) is 8.11. The molecule has 4 rings (SSSR count). The van der Waals surface area contributed by atoms with E-state index >= 15 is 0 Å². The molecule has 2 aliphatic rings. The van der Waals surface area contributed by atoms with E-state index in [0.717, 1.165) is 5.56 Å². The maximum absolute atomic E-state index is 13.0. The van der Waals surface area contributed by atoms with Crippen LogP contribution in [0.2, 0.25) is 10.0 Å². The number of sulfonamides is 1. The van der Waals surface area contributed by atoms with Crippen molar-refractivity contribution >= 4 is 50.5 Å². The van der Waals surface area contributed by atoms with E-state index in [0.29, 0.717) is 49.5 Å². The predicted molar refractivity (Wildman–Crippen MR) is 152 cm³/mol. The van der Waals surface area contributed by atoms with Gasteiger partial charge < -0.3 is 10.0 Å². The van der Waals surface area contributed by atoms with Crippen molar-refractivity contribution in [2.24, 2.45) is 4.99 Å². The quantitative estimate of drug-likeness (QED) is 0.486. The van der Waals surface area contributed by atoms with Gasteiger partial charge in [-0.25, -0.2) is 8.42 Å². The molecule has 0 bridgehead atoms. The molecule has 0 unspecified atom stereocenters. The Balaban J connectivity index is 1.36. The molecule has 8 nitrogen and oxygen atoms in total. The highest BCUT2D eigenvalue weighted by molar-refractivity contribution is 7.97. The van der Waals surface area contributed by atoms with Gasteiger partial charge >= 0.3 is 0 Å². The van der Waals surface area contributed by atoms with Gasteiger partial charge in [-0.2, -0.15) is 0 Å². The number of amides is 1. The number of piperazine rings is 1. The minimum atomic E-state index is -3.94. The van der Waals surface area contributed by atoms with Gasteiger partial charge in [-0.3, -0.25) is 19.4 Å². The summed E-state index contributed by atoms with van der Waals surface area (Å²) in [5.74, 6) is -0.265. The topological polar surface area (TPSA) is 102 Å². The summed E-state index contributed by atoms with van der Waals surface area (Å²) in [7, 11) is -3.94. The van der Waals surface area contributed by atoms with Crippen molar-refractivity contribution in [3.05, 3.63) is 106 Å². The van der Waals surface area contributed by atoms with Crippen LogP contribution in [0.15, 0.2) is 89.5 Å². The van der Waals surface area contributed by atoms with Gasteiger partial charge in [0.15, 0.2) is 5.75 Å². The van der Waals surface area contributed by atoms with Gasteiger partial charge in [0.05, 0.1) is 15.8 Å². The van der Waals surface area contributed by atoms with Crippen LogP contribution < -0.4 is 4.72 Å². The summed E-state index contributed by atoms with van der Waals surface area (Å²) in [6.07, 6.45) is 5.97. The Bertz CT molecular complexity index is 1450. The van der Waals surface area contributed by atoms with E-state index < -0.39 is 10.0 Å². The molecular weight excluding hydrogens is 547 g/mol. The summed E-state index contributed by atoms with van der Waals surface area (Å²) in [5, 5.41) is 10.1. The van der Waals surface area contributed by atoms with Crippen LogP contribution in [-0.4, -0.2) is 61.1 Å². The molecule has 0 radical (unpaired) electrons. The summed E-state index contributed by atoms with van der Waals surface area (Å²) in [4.78, 5) is 21.0. The van der Waals surface area contributed by atoms with E-state index in [-0.39, 0.29) is 32.3 Å². The second-order valence-electron chi connectivity index (χ2n) is 8.73. The first-order chi connectivity index (χ1) is 18.1. The molecule has 198 valence electrons. The van der Waals surface area contributed by atoms with E-state index in [1.807, 2.05) is 0 Å². The fraction of sp³-hybridized carbons (Fsp3) is 0.185. The standard InChI is InChI=1S/C27H26Cl2N4O4S/c1-3-30-25-18(2)5-4-6-24(25)38(36,37)31-21-9-7-20(8-10-21)27(35)33-13-11-32(12-14-33)17-19-15-22(28)26(34)23(29)16-19/h3-10,15-16,31,34H,1-2,11-14,17H2/b30-25+. The summed E-state index contributed by atoms with van der Waals surface area (Å²) in [6, 6.07) is 9.66. The zero-order valence-electron chi connectivity index (χ0n) is 20.4. The molecule has 1 aliphatic heterocycles. The Morgan fingerprint density at radius 1 is 1.11 bits per heavy atom. The summed E-state index contributed by atoms with van der Waals surface area (Å²) >= 11 is 12.0. The lowest BCUT2D eigenvalue weighted by atomic mass is 10.1. The molecule has 1 amide bonds. The molecule has 2 N–H and O–H groups in total. The third-order valence-electron chi connectivity index (χ3n) is 6.12. The van der Waals surface area contributed by atoms with Crippen LogP contribution in [0.4, 0.5) is 5.69 Å². The number of hydrogen-bond acceptors (Lipinski definition) is 6. The van der Waals surface area contributed by atoms with Crippen molar-refractivity contribution in [1.29, 1.82) is 0 Å². The second kappa shape index (κ2) is 11.6. The number of nitrogens with one attached hydrogen (secondary N) is 1. The highest BCUT2D eigenvalue weighted by Crippen LogP contribution is 2.33. The molecule has 0 spiro atoms. The van der Waals surface area contributed by atoms with E-state index in [1.165, 1.54) is 12.3 Å². The molecule has 1 fully saturated rings. The first-order valence-electron chi connectivity index (χ1n) is 11.7. The lowest BCUT2D eigenvalue weighted by molar-refractivity contribution is 0.0628. The lowest BCUT2D eigenvalue weighted by Gasteiger charge is -2.35. The van der Waals surface area contributed by atoms with Gasteiger partial charge in [0.1, 0.15) is 4.91 Å². The molecule has 0 aromatic heterocycles. The fourth-order valence-corrected chi connectivity index (χ4v) is 5.96. The first kappa shape index (κ1) is 27.7. The van der Waals surface area contributed by atoms with Crippen LogP contribution >= 0.6 is 23.2 Å². The normalized spacial score (nSPS) is 17.4. The number of rotatable bonds is 7. The number of nitrogens with zero attached hydrogens (tertiary/aromatic N) is 3. The van der Waals surface area contributed by atoms with Crippen molar-refractivity contribution in [3.8, 4) is 5.75 Å². The molecule has 38 heavy (non-hydrogen) atoms.